The molecule has 5 nitrogen and oxygen atoms in total. The van der Waals surface area contributed by atoms with E-state index in [1.54, 1.807) is 18.9 Å². The normalized spacial score (nSPS) is 18.5. The molecule has 1 N–H and O–H groups in total. The first-order valence-corrected chi connectivity index (χ1v) is 7.03. The third-order valence-electron chi connectivity index (χ3n) is 2.66. The molecule has 0 bridgehead atoms. The summed E-state index contributed by atoms with van der Waals surface area (Å²) in [5.41, 5.74) is 1.29. The van der Waals surface area contributed by atoms with Gasteiger partial charge in [0.1, 0.15) is 0 Å². The number of methoxy groups -OCH3 is 1. The largest absolute Gasteiger partial charge is 0.383 e. The Morgan fingerprint density at radius 2 is 2.39 bits per heavy atom. The first-order chi connectivity index (χ1) is 8.59. The van der Waals surface area contributed by atoms with Crippen molar-refractivity contribution in [2.75, 3.05) is 31.3 Å². The molecule has 0 fully saturated rings. The van der Waals surface area contributed by atoms with Crippen molar-refractivity contribution >= 4 is 22.6 Å². The number of aromatic nitrogens is 2. The van der Waals surface area contributed by atoms with Crippen molar-refractivity contribution < 1.29 is 4.74 Å². The van der Waals surface area contributed by atoms with Gasteiger partial charge in [-0.05, 0) is 5.41 Å². The van der Waals surface area contributed by atoms with E-state index in [0.29, 0.717) is 12.0 Å². The molecule has 6 heteroatoms. The molecule has 0 aliphatic carbocycles. The van der Waals surface area contributed by atoms with E-state index in [9.17, 15) is 0 Å². The van der Waals surface area contributed by atoms with E-state index in [1.807, 2.05) is 17.1 Å². The maximum Gasteiger partial charge on any atom is 0.161 e. The molecule has 1 aliphatic heterocycles. The number of hydrogen-bond donors (Lipinski definition) is 1. The van der Waals surface area contributed by atoms with Gasteiger partial charge in [-0.15, -0.1) is 0 Å². The Kier molecular flexibility index (Phi) is 4.29. The summed E-state index contributed by atoms with van der Waals surface area (Å²) in [6, 6.07) is 0. The number of aliphatic imine (C=N–C) groups is 1. The van der Waals surface area contributed by atoms with E-state index in [1.165, 1.54) is 0 Å². The monoisotopic (exact) mass is 268 g/mol. The van der Waals surface area contributed by atoms with E-state index >= 15 is 0 Å². The third kappa shape index (κ3) is 3.74. The fraction of sp³-hybridized carbons (Fsp3) is 0.667. The van der Waals surface area contributed by atoms with Crippen molar-refractivity contribution in [2.45, 2.75) is 20.4 Å². The van der Waals surface area contributed by atoms with Crippen molar-refractivity contribution in [2.24, 2.45) is 10.4 Å². The first kappa shape index (κ1) is 13.4. The van der Waals surface area contributed by atoms with Gasteiger partial charge in [0.05, 0.1) is 25.0 Å². The highest BCUT2D eigenvalue weighted by Crippen LogP contribution is 2.28. The van der Waals surface area contributed by atoms with Gasteiger partial charge in [-0.2, -0.15) is 5.10 Å². The zero-order chi connectivity index (χ0) is 13.0. The Balaban J connectivity index is 1.90. The van der Waals surface area contributed by atoms with Crippen molar-refractivity contribution in [3.05, 3.63) is 12.4 Å². The minimum atomic E-state index is 0.304. The van der Waals surface area contributed by atoms with Crippen LogP contribution in [0.25, 0.3) is 0 Å². The van der Waals surface area contributed by atoms with Gasteiger partial charge in [-0.3, -0.25) is 9.67 Å². The summed E-state index contributed by atoms with van der Waals surface area (Å²) < 4.78 is 6.88. The summed E-state index contributed by atoms with van der Waals surface area (Å²) in [6.45, 7) is 6.79. The lowest BCUT2D eigenvalue weighted by Gasteiger charge is -2.27. The second kappa shape index (κ2) is 5.75. The first-order valence-electron chi connectivity index (χ1n) is 6.05. The molecular formula is C12H20N4OS. The Hall–Kier alpha value is -1.01. The van der Waals surface area contributed by atoms with Gasteiger partial charge in [0, 0.05) is 25.6 Å². The standard InChI is InChI=1S/C12H20N4OS/c1-12(2)8-13-11(18-9-12)15-10-6-14-16(7-10)4-5-17-3/h6-7H,4-5,8-9H2,1-3H3,(H,13,15). The highest BCUT2D eigenvalue weighted by atomic mass is 32.2. The second-order valence-electron chi connectivity index (χ2n) is 5.18. The third-order valence-corrected chi connectivity index (χ3v) is 4.09. The van der Waals surface area contributed by atoms with Gasteiger partial charge in [0.2, 0.25) is 0 Å². The van der Waals surface area contributed by atoms with Crippen LogP contribution in [-0.2, 0) is 11.3 Å². The fourth-order valence-corrected chi connectivity index (χ4v) is 2.54. The molecule has 100 valence electrons. The number of thioether (sulfide) groups is 1. The number of amidine groups is 1. The zero-order valence-corrected chi connectivity index (χ0v) is 12.0. The van der Waals surface area contributed by atoms with Crippen molar-refractivity contribution in [1.82, 2.24) is 9.78 Å². The van der Waals surface area contributed by atoms with Crippen molar-refractivity contribution in [3.63, 3.8) is 0 Å². The lowest BCUT2D eigenvalue weighted by Crippen LogP contribution is -2.27. The fourth-order valence-electron chi connectivity index (χ4n) is 1.58. The minimum Gasteiger partial charge on any atom is -0.383 e. The number of anilines is 1. The maximum absolute atomic E-state index is 5.02. The molecule has 0 radical (unpaired) electrons. The van der Waals surface area contributed by atoms with Crippen LogP contribution >= 0.6 is 11.8 Å². The van der Waals surface area contributed by atoms with Gasteiger partial charge in [-0.25, -0.2) is 0 Å². The predicted octanol–water partition coefficient (Wildman–Crippen LogP) is 2.07. The summed E-state index contributed by atoms with van der Waals surface area (Å²) in [4.78, 5) is 4.56. The smallest absolute Gasteiger partial charge is 0.161 e. The van der Waals surface area contributed by atoms with E-state index in [4.69, 9.17) is 4.74 Å². The van der Waals surface area contributed by atoms with Crippen LogP contribution in [0.1, 0.15) is 13.8 Å². The number of hydrogen-bond acceptors (Lipinski definition) is 5. The van der Waals surface area contributed by atoms with Gasteiger partial charge >= 0.3 is 0 Å². The van der Waals surface area contributed by atoms with Gasteiger partial charge in [-0.1, -0.05) is 25.6 Å². The van der Waals surface area contributed by atoms with Gasteiger partial charge in [0.15, 0.2) is 5.17 Å². The molecule has 2 rings (SSSR count). The van der Waals surface area contributed by atoms with Crippen molar-refractivity contribution in [1.29, 1.82) is 0 Å². The molecule has 0 spiro atoms. The molecule has 1 aromatic heterocycles. The zero-order valence-electron chi connectivity index (χ0n) is 11.1. The number of nitrogens with one attached hydrogen (secondary N) is 1. The van der Waals surface area contributed by atoms with Crippen LogP contribution in [0, 0.1) is 5.41 Å². The number of rotatable bonds is 4. The molecule has 0 atom stereocenters. The predicted molar refractivity (Wildman–Crippen MR) is 76.3 cm³/mol. The van der Waals surface area contributed by atoms with Crippen LogP contribution in [0.5, 0.6) is 0 Å². The van der Waals surface area contributed by atoms with Crippen LogP contribution in [0.15, 0.2) is 17.4 Å². The molecule has 0 unspecified atom stereocenters. The molecule has 2 heterocycles. The van der Waals surface area contributed by atoms with E-state index in [-0.39, 0.29) is 0 Å². The summed E-state index contributed by atoms with van der Waals surface area (Å²) in [6.07, 6.45) is 3.79. The SMILES string of the molecule is COCCn1cc(NC2=NCC(C)(C)CS2)cn1. The van der Waals surface area contributed by atoms with E-state index < -0.39 is 0 Å². The molecular weight excluding hydrogens is 248 g/mol. The topological polar surface area (TPSA) is 51.4 Å². The van der Waals surface area contributed by atoms with E-state index in [0.717, 1.165) is 29.7 Å². The summed E-state index contributed by atoms with van der Waals surface area (Å²) >= 11 is 1.77. The molecule has 0 saturated carbocycles. The summed E-state index contributed by atoms with van der Waals surface area (Å²) in [5.74, 6) is 1.09. The molecule has 18 heavy (non-hydrogen) atoms. The molecule has 1 aliphatic rings. The van der Waals surface area contributed by atoms with Crippen LogP contribution in [0.3, 0.4) is 0 Å². The second-order valence-corrected chi connectivity index (χ2v) is 6.15. The maximum atomic E-state index is 5.02. The van der Waals surface area contributed by atoms with Gasteiger partial charge in [0.25, 0.3) is 0 Å². The summed E-state index contributed by atoms with van der Waals surface area (Å²) in [5, 5.41) is 8.55. The minimum absolute atomic E-state index is 0.304. The highest BCUT2D eigenvalue weighted by Gasteiger charge is 2.23. The lowest BCUT2D eigenvalue weighted by atomic mass is 9.97. The number of nitrogens with zero attached hydrogens (tertiary/aromatic N) is 3. The van der Waals surface area contributed by atoms with E-state index in [2.05, 4.69) is 29.3 Å². The molecule has 0 aromatic carbocycles. The average molecular weight is 268 g/mol. The average Bonchev–Trinajstić information content (AvgIpc) is 2.77. The van der Waals surface area contributed by atoms with Crippen LogP contribution < -0.4 is 5.32 Å². The molecule has 0 saturated heterocycles. The van der Waals surface area contributed by atoms with Crippen molar-refractivity contribution in [3.8, 4) is 0 Å². The Bertz CT molecular complexity index is 427. The molecule has 1 aromatic rings. The summed E-state index contributed by atoms with van der Waals surface area (Å²) in [7, 11) is 1.69. The van der Waals surface area contributed by atoms with Gasteiger partial charge < -0.3 is 10.1 Å². The van der Waals surface area contributed by atoms with Crippen LogP contribution in [-0.4, -0.2) is 41.0 Å². The lowest BCUT2D eigenvalue weighted by molar-refractivity contribution is 0.183. The number of ether oxygens (including phenoxy) is 1. The van der Waals surface area contributed by atoms with Crippen LogP contribution in [0.2, 0.25) is 0 Å². The quantitative estimate of drug-likeness (QED) is 0.908. The Morgan fingerprint density at radius 1 is 1.56 bits per heavy atom. The van der Waals surface area contributed by atoms with Crippen LogP contribution in [0.4, 0.5) is 5.69 Å². The Labute approximate surface area is 112 Å². The highest BCUT2D eigenvalue weighted by molar-refractivity contribution is 8.14. The Morgan fingerprint density at radius 3 is 3.06 bits per heavy atom. The molecule has 0 amide bonds.